The average Bonchev–Trinajstić information content (AvgIpc) is 2.93. The van der Waals surface area contributed by atoms with Gasteiger partial charge in [0.2, 0.25) is 16.9 Å². The molecule has 0 radical (unpaired) electrons. The molecule has 0 fully saturated rings. The number of carbonyl (C=O) groups is 2. The van der Waals surface area contributed by atoms with Crippen molar-refractivity contribution in [2.75, 3.05) is 12.4 Å². The van der Waals surface area contributed by atoms with E-state index in [1.165, 1.54) is 18.3 Å². The van der Waals surface area contributed by atoms with Crippen molar-refractivity contribution in [2.45, 2.75) is 26.3 Å². The van der Waals surface area contributed by atoms with Crippen molar-refractivity contribution in [3.05, 3.63) is 34.8 Å². The summed E-state index contributed by atoms with van der Waals surface area (Å²) in [5.41, 5.74) is 1.05. The number of methoxy groups -OCH3 is 1. The van der Waals surface area contributed by atoms with Gasteiger partial charge in [0.25, 0.3) is 0 Å². The number of rotatable bonds is 6. The molecule has 0 saturated carbocycles. The first-order valence-corrected chi connectivity index (χ1v) is 7.83. The van der Waals surface area contributed by atoms with Crippen molar-refractivity contribution < 1.29 is 14.3 Å². The zero-order chi connectivity index (χ0) is 16.8. The minimum Gasteiger partial charge on any atom is -0.497 e. The molecular formula is C15H18N4O3S. The molecule has 1 heterocycles. The second kappa shape index (κ2) is 7.68. The average molecular weight is 334 g/mol. The van der Waals surface area contributed by atoms with Gasteiger partial charge in [-0.05, 0) is 24.6 Å². The van der Waals surface area contributed by atoms with E-state index in [0.29, 0.717) is 11.6 Å². The van der Waals surface area contributed by atoms with Crippen LogP contribution < -0.4 is 15.4 Å². The van der Waals surface area contributed by atoms with Gasteiger partial charge in [-0.1, -0.05) is 23.5 Å². The fraction of sp³-hybridized carbons (Fsp3) is 0.333. The molecule has 1 atom stereocenters. The first-order valence-electron chi connectivity index (χ1n) is 7.01. The Morgan fingerprint density at radius 1 is 1.35 bits per heavy atom. The topological polar surface area (TPSA) is 93.2 Å². The number of ether oxygens (including phenoxy) is 1. The third-order valence-corrected chi connectivity index (χ3v) is 3.84. The van der Waals surface area contributed by atoms with Crippen LogP contribution in [0, 0.1) is 0 Å². The van der Waals surface area contributed by atoms with Crippen molar-refractivity contribution in [2.24, 2.45) is 0 Å². The molecule has 1 aromatic carbocycles. The molecule has 0 aliphatic carbocycles. The summed E-state index contributed by atoms with van der Waals surface area (Å²) in [5, 5.41) is 14.4. The van der Waals surface area contributed by atoms with E-state index < -0.39 is 6.04 Å². The van der Waals surface area contributed by atoms with E-state index in [0.717, 1.165) is 16.3 Å². The lowest BCUT2D eigenvalue weighted by Crippen LogP contribution is -2.40. The number of benzene rings is 1. The number of aromatic nitrogens is 2. The highest BCUT2D eigenvalue weighted by atomic mass is 32.1. The predicted octanol–water partition coefficient (Wildman–Crippen LogP) is 1.60. The highest BCUT2D eigenvalue weighted by Crippen LogP contribution is 2.21. The Morgan fingerprint density at radius 3 is 2.83 bits per heavy atom. The molecule has 7 nitrogen and oxygen atoms in total. The maximum absolute atomic E-state index is 11.9. The van der Waals surface area contributed by atoms with E-state index >= 15 is 0 Å². The number of anilines is 1. The van der Waals surface area contributed by atoms with Crippen LogP contribution in [-0.4, -0.2) is 35.2 Å². The molecule has 0 unspecified atom stereocenters. The van der Waals surface area contributed by atoms with Crippen LogP contribution in [0.15, 0.2) is 24.3 Å². The summed E-state index contributed by atoms with van der Waals surface area (Å²) in [4.78, 5) is 22.8. The van der Waals surface area contributed by atoms with Crippen molar-refractivity contribution in [1.29, 1.82) is 0 Å². The van der Waals surface area contributed by atoms with Crippen LogP contribution in [0.2, 0.25) is 0 Å². The Labute approximate surface area is 138 Å². The van der Waals surface area contributed by atoms with Crippen LogP contribution in [0.25, 0.3) is 0 Å². The highest BCUT2D eigenvalue weighted by Gasteiger charge is 2.16. The maximum Gasteiger partial charge on any atom is 0.248 e. The Bertz CT molecular complexity index is 702. The van der Waals surface area contributed by atoms with Crippen LogP contribution in [0.5, 0.6) is 5.75 Å². The van der Waals surface area contributed by atoms with Crippen LogP contribution in [-0.2, 0) is 16.0 Å². The van der Waals surface area contributed by atoms with Gasteiger partial charge in [0.1, 0.15) is 16.8 Å². The third kappa shape index (κ3) is 5.03. The molecule has 2 aromatic rings. The zero-order valence-electron chi connectivity index (χ0n) is 13.1. The SMILES string of the molecule is COc1cccc(Cc2nnc(NC(=O)[C@@H](C)NC(C)=O)s2)c1. The fourth-order valence-electron chi connectivity index (χ4n) is 1.92. The van der Waals surface area contributed by atoms with E-state index in [4.69, 9.17) is 4.74 Å². The number of carbonyl (C=O) groups excluding carboxylic acids is 2. The van der Waals surface area contributed by atoms with Gasteiger partial charge >= 0.3 is 0 Å². The van der Waals surface area contributed by atoms with E-state index in [9.17, 15) is 9.59 Å². The number of amides is 2. The quantitative estimate of drug-likeness (QED) is 0.837. The zero-order valence-corrected chi connectivity index (χ0v) is 13.9. The molecule has 2 N–H and O–H groups in total. The summed E-state index contributed by atoms with van der Waals surface area (Å²) in [6.07, 6.45) is 0.603. The van der Waals surface area contributed by atoms with Gasteiger partial charge in [-0.3, -0.25) is 14.9 Å². The van der Waals surface area contributed by atoms with E-state index in [2.05, 4.69) is 20.8 Å². The van der Waals surface area contributed by atoms with Crippen molar-refractivity contribution in [1.82, 2.24) is 15.5 Å². The summed E-state index contributed by atoms with van der Waals surface area (Å²) in [7, 11) is 1.62. The highest BCUT2D eigenvalue weighted by molar-refractivity contribution is 7.15. The summed E-state index contributed by atoms with van der Waals surface area (Å²) in [5.74, 6) is 0.192. The Morgan fingerprint density at radius 2 is 2.13 bits per heavy atom. The number of hydrogen-bond acceptors (Lipinski definition) is 6. The van der Waals surface area contributed by atoms with Crippen molar-refractivity contribution >= 4 is 28.3 Å². The van der Waals surface area contributed by atoms with E-state index in [-0.39, 0.29) is 11.8 Å². The van der Waals surface area contributed by atoms with Gasteiger partial charge in [0, 0.05) is 13.3 Å². The second-order valence-corrected chi connectivity index (χ2v) is 6.00. The Balaban J connectivity index is 1.97. The van der Waals surface area contributed by atoms with Gasteiger partial charge in [0.05, 0.1) is 7.11 Å². The smallest absolute Gasteiger partial charge is 0.248 e. The second-order valence-electron chi connectivity index (χ2n) is 4.94. The molecule has 0 spiro atoms. The first-order chi connectivity index (χ1) is 11.0. The first kappa shape index (κ1) is 16.9. The van der Waals surface area contributed by atoms with Crippen LogP contribution in [0.4, 0.5) is 5.13 Å². The van der Waals surface area contributed by atoms with Gasteiger partial charge in [-0.15, -0.1) is 10.2 Å². The summed E-state index contributed by atoms with van der Waals surface area (Å²) in [6.45, 7) is 2.97. The molecule has 0 aliphatic rings. The summed E-state index contributed by atoms with van der Waals surface area (Å²) in [6, 6.07) is 7.06. The largest absolute Gasteiger partial charge is 0.497 e. The number of hydrogen-bond donors (Lipinski definition) is 2. The minimum absolute atomic E-state index is 0.261. The molecule has 0 aliphatic heterocycles. The van der Waals surface area contributed by atoms with Gasteiger partial charge in [-0.2, -0.15) is 0 Å². The van der Waals surface area contributed by atoms with Crippen LogP contribution in [0.3, 0.4) is 0 Å². The monoisotopic (exact) mass is 334 g/mol. The Hall–Kier alpha value is -2.48. The lowest BCUT2D eigenvalue weighted by Gasteiger charge is -2.10. The molecular weight excluding hydrogens is 316 g/mol. The van der Waals surface area contributed by atoms with Gasteiger partial charge < -0.3 is 10.1 Å². The minimum atomic E-state index is -0.627. The molecule has 8 heteroatoms. The van der Waals surface area contributed by atoms with Crippen molar-refractivity contribution in [3.63, 3.8) is 0 Å². The summed E-state index contributed by atoms with van der Waals surface area (Å²) < 4.78 is 5.18. The number of nitrogens with one attached hydrogen (secondary N) is 2. The van der Waals surface area contributed by atoms with E-state index in [1.54, 1.807) is 14.0 Å². The molecule has 0 saturated heterocycles. The van der Waals surface area contributed by atoms with Gasteiger partial charge in [-0.25, -0.2) is 0 Å². The molecule has 122 valence electrons. The molecule has 2 amide bonds. The summed E-state index contributed by atoms with van der Waals surface area (Å²) >= 11 is 1.30. The molecule has 1 aromatic heterocycles. The van der Waals surface area contributed by atoms with Gasteiger partial charge in [0.15, 0.2) is 0 Å². The maximum atomic E-state index is 11.9. The standard InChI is InChI=1S/C15H18N4O3S/c1-9(16-10(2)20)14(21)17-15-19-18-13(23-15)8-11-5-4-6-12(7-11)22-3/h4-7,9H,8H2,1-3H3,(H,16,20)(H,17,19,21)/t9-/m1/s1. The van der Waals surface area contributed by atoms with Crippen LogP contribution >= 0.6 is 11.3 Å². The Kier molecular flexibility index (Phi) is 5.64. The number of nitrogens with zero attached hydrogens (tertiary/aromatic N) is 2. The third-order valence-electron chi connectivity index (χ3n) is 3.00. The lowest BCUT2D eigenvalue weighted by atomic mass is 10.1. The normalized spacial score (nSPS) is 11.6. The molecule has 0 bridgehead atoms. The van der Waals surface area contributed by atoms with Crippen LogP contribution in [0.1, 0.15) is 24.4 Å². The molecule has 23 heavy (non-hydrogen) atoms. The van der Waals surface area contributed by atoms with E-state index in [1.807, 2.05) is 24.3 Å². The fourth-order valence-corrected chi connectivity index (χ4v) is 2.69. The lowest BCUT2D eigenvalue weighted by molar-refractivity contribution is -0.124. The predicted molar refractivity (Wildman–Crippen MR) is 87.6 cm³/mol. The molecule has 2 rings (SSSR count). The van der Waals surface area contributed by atoms with Crippen molar-refractivity contribution in [3.8, 4) is 5.75 Å².